The number of fused-ring (bicyclic) bond motifs is 1. The van der Waals surface area contributed by atoms with Crippen LogP contribution in [0.2, 0.25) is 0 Å². The summed E-state index contributed by atoms with van der Waals surface area (Å²) >= 11 is 0. The van der Waals surface area contributed by atoms with Crippen LogP contribution in [-0.2, 0) is 16.6 Å². The Kier molecular flexibility index (Phi) is 4.92. The van der Waals surface area contributed by atoms with Gasteiger partial charge in [-0.1, -0.05) is 24.3 Å². The van der Waals surface area contributed by atoms with Crippen LogP contribution >= 0.6 is 0 Å². The van der Waals surface area contributed by atoms with Crippen LogP contribution in [0.15, 0.2) is 59.8 Å². The molecule has 7 heteroatoms. The fourth-order valence-corrected chi connectivity index (χ4v) is 6.29. The number of nitrogens with one attached hydrogen (secondary N) is 1. The molecule has 3 aromatic rings. The van der Waals surface area contributed by atoms with Crippen molar-refractivity contribution in [2.24, 2.45) is 5.41 Å². The molecule has 0 amide bonds. The molecule has 6 nitrogen and oxygen atoms in total. The summed E-state index contributed by atoms with van der Waals surface area (Å²) in [5.41, 5.74) is 3.76. The van der Waals surface area contributed by atoms with Crippen molar-refractivity contribution in [3.63, 3.8) is 0 Å². The Morgan fingerprint density at radius 2 is 1.83 bits per heavy atom. The SMILES string of the molecule is Cc1ccc2ncc(CN3CCC4(CC3)CC(NS(=O)(=O)c3ccccc3)C4)n2c1. The largest absolute Gasteiger partial charge is 0.303 e. The lowest BCUT2D eigenvalue weighted by atomic mass is 9.61. The summed E-state index contributed by atoms with van der Waals surface area (Å²) in [5, 5.41) is 0. The third-order valence-corrected chi connectivity index (χ3v) is 8.30. The van der Waals surface area contributed by atoms with E-state index < -0.39 is 10.0 Å². The number of hydrogen-bond donors (Lipinski definition) is 1. The summed E-state index contributed by atoms with van der Waals surface area (Å²) in [4.78, 5) is 7.37. The van der Waals surface area contributed by atoms with E-state index >= 15 is 0 Å². The number of likely N-dealkylation sites (tertiary alicyclic amines) is 1. The number of benzene rings is 1. The number of hydrogen-bond acceptors (Lipinski definition) is 4. The van der Waals surface area contributed by atoms with E-state index in [1.807, 2.05) is 12.3 Å². The Morgan fingerprint density at radius 1 is 1.10 bits per heavy atom. The van der Waals surface area contributed by atoms with Crippen LogP contribution in [0.4, 0.5) is 0 Å². The van der Waals surface area contributed by atoms with Gasteiger partial charge in [0.1, 0.15) is 5.65 Å². The quantitative estimate of drug-likeness (QED) is 0.682. The molecule has 30 heavy (non-hydrogen) atoms. The van der Waals surface area contributed by atoms with E-state index in [2.05, 4.69) is 44.3 Å². The standard InChI is InChI=1S/C23H28N4O2S/c1-18-7-8-22-24-15-20(27(22)16-18)17-26-11-9-23(10-12-26)13-19(14-23)25-30(28,29)21-5-3-2-4-6-21/h2-8,15-16,19,25H,9-14,17H2,1H3. The summed E-state index contributed by atoms with van der Waals surface area (Å²) in [6.07, 6.45) is 8.29. The first-order valence-electron chi connectivity index (χ1n) is 10.6. The third-order valence-electron chi connectivity index (χ3n) is 6.77. The Morgan fingerprint density at radius 3 is 2.57 bits per heavy atom. The number of aryl methyl sites for hydroxylation is 1. The Labute approximate surface area is 178 Å². The van der Waals surface area contributed by atoms with Gasteiger partial charge >= 0.3 is 0 Å². The van der Waals surface area contributed by atoms with E-state index in [0.29, 0.717) is 10.3 Å². The topological polar surface area (TPSA) is 66.7 Å². The van der Waals surface area contributed by atoms with Gasteiger partial charge < -0.3 is 4.40 Å². The van der Waals surface area contributed by atoms with Crippen molar-refractivity contribution in [1.29, 1.82) is 0 Å². The molecule has 0 unspecified atom stereocenters. The molecular weight excluding hydrogens is 396 g/mol. The number of aromatic nitrogens is 2. The zero-order chi connectivity index (χ0) is 20.8. The third kappa shape index (κ3) is 3.77. The predicted octanol–water partition coefficient (Wildman–Crippen LogP) is 3.37. The average molecular weight is 425 g/mol. The summed E-state index contributed by atoms with van der Waals surface area (Å²) in [6.45, 7) is 5.12. The van der Waals surface area contributed by atoms with Gasteiger partial charge in [-0.05, 0) is 74.9 Å². The van der Waals surface area contributed by atoms with Gasteiger partial charge in [0.2, 0.25) is 10.0 Å². The molecular formula is C23H28N4O2S. The second-order valence-corrected chi connectivity index (χ2v) is 10.7. The monoisotopic (exact) mass is 424 g/mol. The van der Waals surface area contributed by atoms with Crippen LogP contribution in [0.3, 0.4) is 0 Å². The van der Waals surface area contributed by atoms with Gasteiger partial charge in [-0.3, -0.25) is 4.90 Å². The molecule has 2 aliphatic rings. The molecule has 1 saturated carbocycles. The van der Waals surface area contributed by atoms with Crippen LogP contribution < -0.4 is 4.72 Å². The maximum atomic E-state index is 12.5. The molecule has 3 heterocycles. The number of rotatable bonds is 5. The molecule has 2 fully saturated rings. The van der Waals surface area contributed by atoms with Crippen LogP contribution in [0, 0.1) is 12.3 Å². The molecule has 1 aliphatic heterocycles. The van der Waals surface area contributed by atoms with Crippen molar-refractivity contribution in [2.45, 2.75) is 50.1 Å². The van der Waals surface area contributed by atoms with Crippen LogP contribution in [0.5, 0.6) is 0 Å². The first-order valence-corrected chi connectivity index (χ1v) is 12.1. The molecule has 2 aromatic heterocycles. The minimum Gasteiger partial charge on any atom is -0.303 e. The summed E-state index contributed by atoms with van der Waals surface area (Å²) < 4.78 is 30.2. The maximum absolute atomic E-state index is 12.5. The van der Waals surface area contributed by atoms with Crippen molar-refractivity contribution in [3.05, 3.63) is 66.1 Å². The normalized spacial score (nSPS) is 19.9. The minimum atomic E-state index is -3.42. The fraction of sp³-hybridized carbons (Fsp3) is 0.435. The highest BCUT2D eigenvalue weighted by atomic mass is 32.2. The van der Waals surface area contributed by atoms with Gasteiger partial charge in [-0.15, -0.1) is 0 Å². The predicted molar refractivity (Wildman–Crippen MR) is 117 cm³/mol. The van der Waals surface area contributed by atoms with E-state index in [0.717, 1.165) is 51.0 Å². The summed E-state index contributed by atoms with van der Waals surface area (Å²) in [6, 6.07) is 12.9. The zero-order valence-corrected chi connectivity index (χ0v) is 18.1. The molecule has 1 saturated heterocycles. The Bertz CT molecular complexity index is 1140. The lowest BCUT2D eigenvalue weighted by Crippen LogP contribution is -2.54. The Balaban J connectivity index is 1.16. The number of nitrogens with zero attached hydrogens (tertiary/aromatic N) is 3. The lowest BCUT2D eigenvalue weighted by Gasteiger charge is -2.52. The molecule has 0 atom stereocenters. The number of piperidine rings is 1. The molecule has 5 rings (SSSR count). The van der Waals surface area contributed by atoms with Crippen molar-refractivity contribution in [1.82, 2.24) is 19.0 Å². The van der Waals surface area contributed by atoms with E-state index in [1.165, 1.54) is 11.3 Å². The lowest BCUT2D eigenvalue weighted by molar-refractivity contribution is 0.0102. The highest BCUT2D eigenvalue weighted by molar-refractivity contribution is 7.89. The molecule has 1 aromatic carbocycles. The highest BCUT2D eigenvalue weighted by Gasteiger charge is 2.46. The van der Waals surface area contributed by atoms with E-state index in [9.17, 15) is 8.42 Å². The van der Waals surface area contributed by atoms with E-state index in [-0.39, 0.29) is 6.04 Å². The van der Waals surface area contributed by atoms with Crippen molar-refractivity contribution < 1.29 is 8.42 Å². The highest BCUT2D eigenvalue weighted by Crippen LogP contribution is 2.49. The molecule has 1 spiro atoms. The zero-order valence-electron chi connectivity index (χ0n) is 17.3. The fourth-order valence-electron chi connectivity index (χ4n) is 5.03. The van der Waals surface area contributed by atoms with Crippen LogP contribution in [0.1, 0.15) is 36.9 Å². The van der Waals surface area contributed by atoms with E-state index in [1.54, 1.807) is 24.3 Å². The van der Waals surface area contributed by atoms with Gasteiger partial charge in [0, 0.05) is 18.8 Å². The van der Waals surface area contributed by atoms with Crippen molar-refractivity contribution >= 4 is 15.7 Å². The minimum absolute atomic E-state index is 0.0588. The van der Waals surface area contributed by atoms with Crippen LogP contribution in [-0.4, -0.2) is 41.8 Å². The number of sulfonamides is 1. The molecule has 158 valence electrons. The first-order chi connectivity index (χ1) is 14.4. The van der Waals surface area contributed by atoms with Gasteiger partial charge in [-0.2, -0.15) is 0 Å². The molecule has 0 bridgehead atoms. The number of pyridine rings is 1. The van der Waals surface area contributed by atoms with Gasteiger partial charge in [0.25, 0.3) is 0 Å². The Hall–Kier alpha value is -2.22. The maximum Gasteiger partial charge on any atom is 0.240 e. The second kappa shape index (κ2) is 7.48. The van der Waals surface area contributed by atoms with Crippen LogP contribution in [0.25, 0.3) is 5.65 Å². The summed E-state index contributed by atoms with van der Waals surface area (Å²) in [7, 11) is -3.42. The first kappa shape index (κ1) is 19.7. The summed E-state index contributed by atoms with van der Waals surface area (Å²) in [5.74, 6) is 0. The van der Waals surface area contributed by atoms with Gasteiger partial charge in [0.05, 0.1) is 16.8 Å². The smallest absolute Gasteiger partial charge is 0.240 e. The number of imidazole rings is 1. The average Bonchev–Trinajstić information content (AvgIpc) is 3.11. The van der Waals surface area contributed by atoms with Gasteiger partial charge in [-0.25, -0.2) is 18.1 Å². The van der Waals surface area contributed by atoms with Crippen molar-refractivity contribution in [2.75, 3.05) is 13.1 Å². The molecule has 1 aliphatic carbocycles. The molecule has 1 N–H and O–H groups in total. The van der Waals surface area contributed by atoms with Crippen molar-refractivity contribution in [3.8, 4) is 0 Å². The van der Waals surface area contributed by atoms with Gasteiger partial charge in [0.15, 0.2) is 0 Å². The second-order valence-electron chi connectivity index (χ2n) is 9.00. The molecule has 0 radical (unpaired) electrons. The van der Waals surface area contributed by atoms with E-state index in [4.69, 9.17) is 0 Å².